The van der Waals surface area contributed by atoms with E-state index in [4.69, 9.17) is 0 Å². The van der Waals surface area contributed by atoms with Crippen molar-refractivity contribution in [3.05, 3.63) is 0 Å². The van der Waals surface area contributed by atoms with Crippen molar-refractivity contribution in [3.8, 4) is 0 Å². The van der Waals surface area contributed by atoms with E-state index in [1.807, 2.05) is 11.8 Å². The zero-order chi connectivity index (χ0) is 10.6. The Balaban J connectivity index is 2.38. The SMILES string of the molecule is CCCC(C)(C)NC1=NCC(CC)S1. The van der Waals surface area contributed by atoms with Gasteiger partial charge in [-0.25, -0.2) is 0 Å². The highest BCUT2D eigenvalue weighted by atomic mass is 32.2. The number of nitrogens with one attached hydrogen (secondary N) is 1. The van der Waals surface area contributed by atoms with Gasteiger partial charge in [0, 0.05) is 10.8 Å². The first-order valence-corrected chi connectivity index (χ1v) is 6.44. The van der Waals surface area contributed by atoms with Crippen LogP contribution < -0.4 is 5.32 Å². The van der Waals surface area contributed by atoms with Crippen LogP contribution in [-0.4, -0.2) is 22.5 Å². The van der Waals surface area contributed by atoms with Crippen molar-refractivity contribution in [2.24, 2.45) is 4.99 Å². The maximum absolute atomic E-state index is 4.52. The molecule has 0 amide bonds. The van der Waals surface area contributed by atoms with Crippen molar-refractivity contribution in [2.45, 2.75) is 57.7 Å². The van der Waals surface area contributed by atoms with Crippen molar-refractivity contribution in [1.82, 2.24) is 5.32 Å². The van der Waals surface area contributed by atoms with Crippen LogP contribution in [0.5, 0.6) is 0 Å². The van der Waals surface area contributed by atoms with Gasteiger partial charge in [0.05, 0.1) is 6.54 Å². The fourth-order valence-corrected chi connectivity index (χ4v) is 2.79. The van der Waals surface area contributed by atoms with E-state index in [0.717, 1.165) is 11.7 Å². The van der Waals surface area contributed by atoms with Crippen LogP contribution in [-0.2, 0) is 0 Å². The van der Waals surface area contributed by atoms with Gasteiger partial charge in [0.2, 0.25) is 0 Å². The van der Waals surface area contributed by atoms with Gasteiger partial charge >= 0.3 is 0 Å². The molecule has 1 N–H and O–H groups in total. The number of rotatable bonds is 4. The summed E-state index contributed by atoms with van der Waals surface area (Å²) >= 11 is 1.90. The molecule has 0 aromatic carbocycles. The van der Waals surface area contributed by atoms with Gasteiger partial charge < -0.3 is 5.32 Å². The van der Waals surface area contributed by atoms with Crippen molar-refractivity contribution >= 4 is 16.9 Å². The third-order valence-electron chi connectivity index (χ3n) is 2.49. The molecule has 1 atom stereocenters. The van der Waals surface area contributed by atoms with E-state index < -0.39 is 0 Å². The first-order valence-electron chi connectivity index (χ1n) is 5.56. The molecule has 1 unspecified atom stereocenters. The summed E-state index contributed by atoms with van der Waals surface area (Å²) in [5, 5.41) is 5.39. The van der Waals surface area contributed by atoms with Crippen LogP contribution in [0.25, 0.3) is 0 Å². The van der Waals surface area contributed by atoms with E-state index in [1.54, 1.807) is 0 Å². The summed E-state index contributed by atoms with van der Waals surface area (Å²) in [6, 6.07) is 0. The molecule has 0 aliphatic carbocycles. The van der Waals surface area contributed by atoms with E-state index in [-0.39, 0.29) is 5.54 Å². The summed E-state index contributed by atoms with van der Waals surface area (Å²) in [6.07, 6.45) is 3.63. The molecule has 0 aromatic rings. The van der Waals surface area contributed by atoms with Gasteiger partial charge in [-0.05, 0) is 26.7 Å². The van der Waals surface area contributed by atoms with Gasteiger partial charge in [-0.1, -0.05) is 32.0 Å². The summed E-state index contributed by atoms with van der Waals surface area (Å²) in [6.45, 7) is 9.94. The molecule has 2 nitrogen and oxygen atoms in total. The average Bonchev–Trinajstić information content (AvgIpc) is 2.51. The molecule has 0 bridgehead atoms. The number of thioether (sulfide) groups is 1. The molecule has 0 radical (unpaired) electrons. The topological polar surface area (TPSA) is 24.4 Å². The van der Waals surface area contributed by atoms with Crippen LogP contribution in [0.4, 0.5) is 0 Å². The molecule has 0 fully saturated rings. The van der Waals surface area contributed by atoms with Crippen LogP contribution in [0.15, 0.2) is 4.99 Å². The Labute approximate surface area is 92.0 Å². The predicted octanol–water partition coefficient (Wildman–Crippen LogP) is 3.04. The van der Waals surface area contributed by atoms with Crippen LogP contribution in [0.3, 0.4) is 0 Å². The van der Waals surface area contributed by atoms with Gasteiger partial charge in [-0.2, -0.15) is 0 Å². The summed E-state index contributed by atoms with van der Waals surface area (Å²) in [7, 11) is 0. The lowest BCUT2D eigenvalue weighted by molar-refractivity contribution is 0.423. The number of nitrogens with zero attached hydrogens (tertiary/aromatic N) is 1. The van der Waals surface area contributed by atoms with Gasteiger partial charge in [-0.15, -0.1) is 0 Å². The second kappa shape index (κ2) is 5.06. The number of hydrogen-bond acceptors (Lipinski definition) is 3. The van der Waals surface area contributed by atoms with E-state index in [2.05, 4.69) is 38.0 Å². The second-order valence-electron chi connectivity index (χ2n) is 4.55. The first-order chi connectivity index (χ1) is 6.57. The Morgan fingerprint density at radius 2 is 2.21 bits per heavy atom. The molecule has 1 heterocycles. The molecule has 0 spiro atoms. The lowest BCUT2D eigenvalue weighted by atomic mass is 10.00. The summed E-state index contributed by atoms with van der Waals surface area (Å²) < 4.78 is 0. The zero-order valence-corrected chi connectivity index (χ0v) is 10.6. The molecular formula is C11H22N2S. The number of aliphatic imine (C=N–C) groups is 1. The maximum Gasteiger partial charge on any atom is 0.157 e. The quantitative estimate of drug-likeness (QED) is 0.778. The zero-order valence-electron chi connectivity index (χ0n) is 9.76. The minimum absolute atomic E-state index is 0.198. The molecule has 3 heteroatoms. The average molecular weight is 214 g/mol. The molecule has 0 saturated carbocycles. The van der Waals surface area contributed by atoms with Crippen LogP contribution in [0.2, 0.25) is 0 Å². The van der Waals surface area contributed by atoms with Gasteiger partial charge in [0.25, 0.3) is 0 Å². The number of amidine groups is 1. The fourth-order valence-electron chi connectivity index (χ4n) is 1.68. The Hall–Kier alpha value is -0.180. The third kappa shape index (κ3) is 3.52. The molecule has 0 aromatic heterocycles. The Kier molecular flexibility index (Phi) is 4.30. The third-order valence-corrected chi connectivity index (χ3v) is 3.76. The Morgan fingerprint density at radius 1 is 1.50 bits per heavy atom. The van der Waals surface area contributed by atoms with E-state index in [1.165, 1.54) is 19.3 Å². The van der Waals surface area contributed by atoms with Crippen LogP contribution in [0, 0.1) is 0 Å². The standard InChI is InChI=1S/C11H22N2S/c1-5-7-11(3,4)13-10-12-8-9(6-2)14-10/h9H,5-8H2,1-4H3,(H,12,13). The van der Waals surface area contributed by atoms with Crippen LogP contribution in [0.1, 0.15) is 47.0 Å². The summed E-state index contributed by atoms with van der Waals surface area (Å²) in [4.78, 5) is 4.52. The minimum atomic E-state index is 0.198. The predicted molar refractivity (Wildman–Crippen MR) is 66.1 cm³/mol. The minimum Gasteiger partial charge on any atom is -0.360 e. The molecule has 1 aliphatic heterocycles. The normalized spacial score (nSPS) is 22.3. The van der Waals surface area contributed by atoms with Crippen molar-refractivity contribution < 1.29 is 0 Å². The molecule has 1 rings (SSSR count). The van der Waals surface area contributed by atoms with Crippen molar-refractivity contribution in [1.29, 1.82) is 0 Å². The second-order valence-corrected chi connectivity index (χ2v) is 5.84. The van der Waals surface area contributed by atoms with Gasteiger partial charge in [-0.3, -0.25) is 4.99 Å². The highest BCUT2D eigenvalue weighted by Crippen LogP contribution is 2.24. The molecule has 14 heavy (non-hydrogen) atoms. The lowest BCUT2D eigenvalue weighted by Gasteiger charge is -2.26. The fraction of sp³-hybridized carbons (Fsp3) is 0.909. The van der Waals surface area contributed by atoms with E-state index >= 15 is 0 Å². The Morgan fingerprint density at radius 3 is 2.71 bits per heavy atom. The van der Waals surface area contributed by atoms with E-state index in [9.17, 15) is 0 Å². The van der Waals surface area contributed by atoms with Gasteiger partial charge in [0.1, 0.15) is 0 Å². The first kappa shape index (κ1) is 11.9. The van der Waals surface area contributed by atoms with Crippen molar-refractivity contribution in [2.75, 3.05) is 6.54 Å². The molecule has 0 saturated heterocycles. The number of hydrogen-bond donors (Lipinski definition) is 1. The smallest absolute Gasteiger partial charge is 0.157 e. The van der Waals surface area contributed by atoms with E-state index in [0.29, 0.717) is 5.25 Å². The van der Waals surface area contributed by atoms with Crippen LogP contribution >= 0.6 is 11.8 Å². The van der Waals surface area contributed by atoms with Crippen molar-refractivity contribution in [3.63, 3.8) is 0 Å². The molecule has 1 aliphatic rings. The highest BCUT2D eigenvalue weighted by Gasteiger charge is 2.23. The highest BCUT2D eigenvalue weighted by molar-refractivity contribution is 8.14. The Bertz CT molecular complexity index is 211. The largest absolute Gasteiger partial charge is 0.360 e. The lowest BCUT2D eigenvalue weighted by Crippen LogP contribution is -2.41. The molecule has 82 valence electrons. The summed E-state index contributed by atoms with van der Waals surface area (Å²) in [5.41, 5.74) is 0.198. The monoisotopic (exact) mass is 214 g/mol. The molecular weight excluding hydrogens is 192 g/mol. The summed E-state index contributed by atoms with van der Waals surface area (Å²) in [5.74, 6) is 0. The van der Waals surface area contributed by atoms with Gasteiger partial charge in [0.15, 0.2) is 5.17 Å². The maximum atomic E-state index is 4.52.